The summed E-state index contributed by atoms with van der Waals surface area (Å²) in [6, 6.07) is 0. The van der Waals surface area contributed by atoms with Crippen LogP contribution in [0.3, 0.4) is 0 Å². The van der Waals surface area contributed by atoms with E-state index in [1.54, 1.807) is 18.5 Å². The fraction of sp³-hybridized carbons (Fsp3) is 0.700. The van der Waals surface area contributed by atoms with Crippen LogP contribution < -0.4 is 4.72 Å². The molecule has 1 aromatic rings. The van der Waals surface area contributed by atoms with Gasteiger partial charge >= 0.3 is 0 Å². The Balaban J connectivity index is 1.99. The normalized spacial score (nSPS) is 24.6. The highest BCUT2D eigenvalue weighted by Gasteiger charge is 2.29. The van der Waals surface area contributed by atoms with Crippen LogP contribution in [0.15, 0.2) is 11.2 Å². The Morgan fingerprint density at radius 2 is 2.24 bits per heavy atom. The number of aliphatic hydroxyl groups is 1. The predicted octanol–water partition coefficient (Wildman–Crippen LogP) is -0.222. The van der Waals surface area contributed by atoms with Gasteiger partial charge in [0.05, 0.1) is 6.10 Å². The lowest BCUT2D eigenvalue weighted by molar-refractivity contribution is 0.0453. The van der Waals surface area contributed by atoms with Crippen LogP contribution in [0.5, 0.6) is 0 Å². The molecule has 1 aliphatic carbocycles. The van der Waals surface area contributed by atoms with Gasteiger partial charge in [0, 0.05) is 19.8 Å². The van der Waals surface area contributed by atoms with Gasteiger partial charge in [-0.2, -0.15) is 0 Å². The van der Waals surface area contributed by atoms with E-state index < -0.39 is 10.0 Å². The maximum absolute atomic E-state index is 11.9. The molecule has 0 aromatic carbocycles. The summed E-state index contributed by atoms with van der Waals surface area (Å²) < 4.78 is 27.9. The zero-order valence-electron chi connectivity index (χ0n) is 9.92. The molecule has 0 spiro atoms. The number of nitrogens with one attached hydrogen (secondary N) is 1. The fourth-order valence-corrected chi connectivity index (χ4v) is 2.98. The number of imidazole rings is 1. The lowest BCUT2D eigenvalue weighted by Gasteiger charge is -2.31. The summed E-state index contributed by atoms with van der Waals surface area (Å²) >= 11 is 0. The van der Waals surface area contributed by atoms with Crippen molar-refractivity contribution in [1.29, 1.82) is 0 Å². The fourth-order valence-electron chi connectivity index (χ4n) is 1.82. The first kappa shape index (κ1) is 12.5. The predicted molar refractivity (Wildman–Crippen MR) is 61.9 cm³/mol. The number of aryl methyl sites for hydroxylation is 2. The van der Waals surface area contributed by atoms with Crippen molar-refractivity contribution in [2.75, 3.05) is 6.54 Å². The highest BCUT2D eigenvalue weighted by atomic mass is 32.2. The molecular formula is C10H17N3O3S. The summed E-state index contributed by atoms with van der Waals surface area (Å²) in [5.74, 6) is 0.897. The van der Waals surface area contributed by atoms with E-state index in [2.05, 4.69) is 9.71 Å². The molecule has 6 nitrogen and oxygen atoms in total. The number of sulfonamides is 1. The molecule has 1 saturated carbocycles. The van der Waals surface area contributed by atoms with Gasteiger partial charge in [-0.3, -0.25) is 0 Å². The van der Waals surface area contributed by atoms with E-state index in [9.17, 15) is 8.42 Å². The molecule has 0 radical (unpaired) electrons. The van der Waals surface area contributed by atoms with Crippen molar-refractivity contribution < 1.29 is 13.5 Å². The molecule has 2 N–H and O–H groups in total. The largest absolute Gasteiger partial charge is 0.393 e. The van der Waals surface area contributed by atoms with E-state index >= 15 is 0 Å². The Bertz CT molecular complexity index is 483. The molecule has 1 aliphatic rings. The Hall–Kier alpha value is -0.920. The first-order chi connectivity index (χ1) is 7.88. The second kappa shape index (κ2) is 4.40. The lowest BCUT2D eigenvalue weighted by atomic mass is 9.83. The molecule has 0 bridgehead atoms. The van der Waals surface area contributed by atoms with Gasteiger partial charge in [-0.25, -0.2) is 18.1 Å². The van der Waals surface area contributed by atoms with Gasteiger partial charge in [-0.15, -0.1) is 0 Å². The topological polar surface area (TPSA) is 84.2 Å². The highest BCUT2D eigenvalue weighted by Crippen LogP contribution is 2.26. The van der Waals surface area contributed by atoms with E-state index in [1.165, 1.54) is 6.20 Å². The molecule has 1 fully saturated rings. The zero-order chi connectivity index (χ0) is 12.6. The van der Waals surface area contributed by atoms with E-state index in [-0.39, 0.29) is 17.0 Å². The van der Waals surface area contributed by atoms with Crippen molar-refractivity contribution in [3.8, 4) is 0 Å². The molecule has 0 unspecified atom stereocenters. The summed E-state index contributed by atoms with van der Waals surface area (Å²) in [5, 5.41) is 9.16. The van der Waals surface area contributed by atoms with Crippen LogP contribution in [0.25, 0.3) is 0 Å². The van der Waals surface area contributed by atoms with Crippen molar-refractivity contribution in [2.45, 2.75) is 30.9 Å². The number of hydrogen-bond acceptors (Lipinski definition) is 4. The maximum Gasteiger partial charge on any atom is 0.259 e. The molecular weight excluding hydrogens is 242 g/mol. The van der Waals surface area contributed by atoms with Gasteiger partial charge < -0.3 is 9.67 Å². The molecule has 96 valence electrons. The molecule has 1 aromatic heterocycles. The van der Waals surface area contributed by atoms with Crippen LogP contribution in [0, 0.1) is 12.8 Å². The summed E-state index contributed by atoms with van der Waals surface area (Å²) in [6.45, 7) is 2.12. The molecule has 0 aliphatic heterocycles. The smallest absolute Gasteiger partial charge is 0.259 e. The van der Waals surface area contributed by atoms with Crippen LogP contribution in [-0.4, -0.2) is 35.7 Å². The first-order valence-corrected chi connectivity index (χ1v) is 7.04. The monoisotopic (exact) mass is 259 g/mol. The van der Waals surface area contributed by atoms with Crippen molar-refractivity contribution in [1.82, 2.24) is 14.3 Å². The van der Waals surface area contributed by atoms with Crippen LogP contribution in [0.2, 0.25) is 0 Å². The third kappa shape index (κ3) is 2.67. The van der Waals surface area contributed by atoms with Crippen molar-refractivity contribution in [3.63, 3.8) is 0 Å². The van der Waals surface area contributed by atoms with Crippen LogP contribution >= 0.6 is 0 Å². The molecule has 2 rings (SSSR count). The first-order valence-electron chi connectivity index (χ1n) is 5.56. The summed E-state index contributed by atoms with van der Waals surface area (Å²) in [6.07, 6.45) is 2.57. The Morgan fingerprint density at radius 3 is 2.71 bits per heavy atom. The van der Waals surface area contributed by atoms with E-state index in [0.29, 0.717) is 25.2 Å². The Labute approximate surface area is 101 Å². The molecule has 17 heavy (non-hydrogen) atoms. The van der Waals surface area contributed by atoms with Crippen molar-refractivity contribution in [2.24, 2.45) is 13.0 Å². The van der Waals surface area contributed by atoms with Crippen LogP contribution in [0.1, 0.15) is 18.7 Å². The minimum atomic E-state index is -3.51. The summed E-state index contributed by atoms with van der Waals surface area (Å²) in [4.78, 5) is 3.98. The maximum atomic E-state index is 11.9. The number of aromatic nitrogens is 2. The SMILES string of the molecule is Cc1nc(S(=O)(=O)NCC2CC(O)C2)cn1C. The van der Waals surface area contributed by atoms with Gasteiger partial charge in [0.15, 0.2) is 5.03 Å². The minimum Gasteiger partial charge on any atom is -0.393 e. The summed E-state index contributed by atoms with van der Waals surface area (Å²) in [5.41, 5.74) is 0. The van der Waals surface area contributed by atoms with Gasteiger partial charge in [0.1, 0.15) is 5.82 Å². The number of aliphatic hydroxyl groups excluding tert-OH is 1. The third-order valence-corrected chi connectivity index (χ3v) is 4.43. The number of hydrogen-bond donors (Lipinski definition) is 2. The second-order valence-corrected chi connectivity index (χ2v) is 6.29. The van der Waals surface area contributed by atoms with E-state index in [4.69, 9.17) is 5.11 Å². The van der Waals surface area contributed by atoms with E-state index in [0.717, 1.165) is 0 Å². The van der Waals surface area contributed by atoms with Crippen molar-refractivity contribution >= 4 is 10.0 Å². The molecule has 7 heteroatoms. The molecule has 0 amide bonds. The Kier molecular flexibility index (Phi) is 3.24. The number of nitrogens with zero attached hydrogens (tertiary/aromatic N) is 2. The molecule has 1 heterocycles. The van der Waals surface area contributed by atoms with Gasteiger partial charge in [-0.1, -0.05) is 0 Å². The number of rotatable bonds is 4. The van der Waals surface area contributed by atoms with E-state index in [1.807, 2.05) is 0 Å². The highest BCUT2D eigenvalue weighted by molar-refractivity contribution is 7.89. The van der Waals surface area contributed by atoms with Crippen LogP contribution in [-0.2, 0) is 17.1 Å². The standard InChI is InChI=1S/C10H17N3O3S/c1-7-12-10(6-13(7)2)17(15,16)11-5-8-3-9(14)4-8/h6,8-9,11,14H,3-5H2,1-2H3. The lowest BCUT2D eigenvalue weighted by Crippen LogP contribution is -2.38. The van der Waals surface area contributed by atoms with Gasteiger partial charge in [0.25, 0.3) is 10.0 Å². The minimum absolute atomic E-state index is 0.0531. The Morgan fingerprint density at radius 1 is 1.59 bits per heavy atom. The average molecular weight is 259 g/mol. The molecule has 0 saturated heterocycles. The third-order valence-electron chi connectivity index (χ3n) is 3.13. The molecule has 0 atom stereocenters. The van der Waals surface area contributed by atoms with Crippen molar-refractivity contribution in [3.05, 3.63) is 12.0 Å². The second-order valence-electron chi connectivity index (χ2n) is 4.58. The quantitative estimate of drug-likeness (QED) is 0.783. The van der Waals surface area contributed by atoms with Crippen LogP contribution in [0.4, 0.5) is 0 Å². The summed E-state index contributed by atoms with van der Waals surface area (Å²) in [7, 11) is -1.76. The zero-order valence-corrected chi connectivity index (χ0v) is 10.7. The van der Waals surface area contributed by atoms with Gasteiger partial charge in [0.2, 0.25) is 0 Å². The average Bonchev–Trinajstić information content (AvgIpc) is 2.53. The van der Waals surface area contributed by atoms with Gasteiger partial charge in [-0.05, 0) is 25.7 Å².